The van der Waals surface area contributed by atoms with Crippen molar-refractivity contribution in [2.45, 2.75) is 0 Å². The van der Waals surface area contributed by atoms with Crippen LogP contribution < -0.4 is 5.73 Å². The normalized spacial score (nSPS) is 10.6. The Balaban J connectivity index is 2.63. The van der Waals surface area contributed by atoms with Crippen LogP contribution in [0.4, 0.5) is 5.82 Å². The van der Waals surface area contributed by atoms with Crippen molar-refractivity contribution in [1.82, 2.24) is 9.78 Å². The molecule has 0 bridgehead atoms. The largest absolute Gasteiger partial charge is 0.383 e. The van der Waals surface area contributed by atoms with Gasteiger partial charge < -0.3 is 5.73 Å². The third-order valence-corrected chi connectivity index (χ3v) is 3.03. The molecule has 0 spiro atoms. The van der Waals surface area contributed by atoms with Crippen LogP contribution >= 0.6 is 27.5 Å². The quantitative estimate of drug-likeness (QED) is 0.875. The van der Waals surface area contributed by atoms with E-state index in [4.69, 9.17) is 17.3 Å². The maximum absolute atomic E-state index is 6.10. The van der Waals surface area contributed by atoms with E-state index in [9.17, 15) is 0 Å². The highest BCUT2D eigenvalue weighted by molar-refractivity contribution is 9.10. The zero-order valence-electron chi connectivity index (χ0n) is 8.04. The Bertz CT molecular complexity index is 507. The van der Waals surface area contributed by atoms with Crippen LogP contribution in [0, 0.1) is 0 Å². The molecule has 0 atom stereocenters. The lowest BCUT2D eigenvalue weighted by Crippen LogP contribution is -1.98. The molecule has 15 heavy (non-hydrogen) atoms. The fourth-order valence-electron chi connectivity index (χ4n) is 1.36. The minimum atomic E-state index is 0.606. The first-order valence-corrected chi connectivity index (χ1v) is 5.49. The molecule has 3 nitrogen and oxygen atoms in total. The van der Waals surface area contributed by atoms with Crippen molar-refractivity contribution in [3.63, 3.8) is 0 Å². The Morgan fingerprint density at radius 3 is 2.73 bits per heavy atom. The van der Waals surface area contributed by atoms with Crippen molar-refractivity contribution in [3.8, 4) is 11.1 Å². The summed E-state index contributed by atoms with van der Waals surface area (Å²) in [6.45, 7) is 0. The zero-order chi connectivity index (χ0) is 11.0. The van der Waals surface area contributed by atoms with Gasteiger partial charge in [0.05, 0.1) is 6.20 Å². The van der Waals surface area contributed by atoms with Gasteiger partial charge in [0, 0.05) is 27.7 Å². The third-order valence-electron chi connectivity index (χ3n) is 2.20. The van der Waals surface area contributed by atoms with E-state index in [2.05, 4.69) is 21.0 Å². The summed E-state index contributed by atoms with van der Waals surface area (Å²) in [4.78, 5) is 0. The lowest BCUT2D eigenvalue weighted by Gasteiger charge is -2.04. The van der Waals surface area contributed by atoms with Gasteiger partial charge in [-0.3, -0.25) is 4.68 Å². The van der Waals surface area contributed by atoms with Crippen LogP contribution in [0.1, 0.15) is 0 Å². The highest BCUT2D eigenvalue weighted by Crippen LogP contribution is 2.33. The zero-order valence-corrected chi connectivity index (χ0v) is 10.4. The number of rotatable bonds is 1. The average molecular weight is 287 g/mol. The number of aryl methyl sites for hydroxylation is 1. The Morgan fingerprint density at radius 1 is 1.40 bits per heavy atom. The molecule has 0 amide bonds. The van der Waals surface area contributed by atoms with E-state index < -0.39 is 0 Å². The summed E-state index contributed by atoms with van der Waals surface area (Å²) in [5.74, 6) is 0.606. The van der Waals surface area contributed by atoms with Crippen molar-refractivity contribution in [2.75, 3.05) is 5.73 Å². The standard InChI is InChI=1S/C10H9BrClN3/c1-15-10(13)8(5-14-15)7-4-6(11)2-3-9(7)12/h2-5H,13H2,1H3. The minimum absolute atomic E-state index is 0.606. The molecule has 2 rings (SSSR count). The summed E-state index contributed by atoms with van der Waals surface area (Å²) in [6, 6.07) is 5.64. The van der Waals surface area contributed by atoms with Gasteiger partial charge in [-0.2, -0.15) is 5.10 Å². The molecule has 0 radical (unpaired) electrons. The number of halogens is 2. The summed E-state index contributed by atoms with van der Waals surface area (Å²) in [6.07, 6.45) is 1.71. The van der Waals surface area contributed by atoms with Gasteiger partial charge in [0.1, 0.15) is 5.82 Å². The van der Waals surface area contributed by atoms with Gasteiger partial charge in [0.2, 0.25) is 0 Å². The number of benzene rings is 1. The van der Waals surface area contributed by atoms with Gasteiger partial charge >= 0.3 is 0 Å². The fourth-order valence-corrected chi connectivity index (χ4v) is 1.94. The number of anilines is 1. The topological polar surface area (TPSA) is 43.8 Å². The summed E-state index contributed by atoms with van der Waals surface area (Å²) < 4.78 is 2.58. The maximum atomic E-state index is 6.10. The second kappa shape index (κ2) is 3.87. The van der Waals surface area contributed by atoms with Gasteiger partial charge in [0.15, 0.2) is 0 Å². The van der Waals surface area contributed by atoms with Crippen molar-refractivity contribution in [1.29, 1.82) is 0 Å². The van der Waals surface area contributed by atoms with E-state index >= 15 is 0 Å². The van der Waals surface area contributed by atoms with Crippen LogP contribution in [-0.2, 0) is 7.05 Å². The van der Waals surface area contributed by atoms with Crippen LogP contribution in [0.5, 0.6) is 0 Å². The van der Waals surface area contributed by atoms with Gasteiger partial charge in [0.25, 0.3) is 0 Å². The molecule has 0 aliphatic rings. The second-order valence-electron chi connectivity index (χ2n) is 3.19. The molecule has 0 unspecified atom stereocenters. The lowest BCUT2D eigenvalue weighted by molar-refractivity contribution is 0.779. The molecule has 0 fully saturated rings. The molecule has 0 saturated carbocycles. The fraction of sp³-hybridized carbons (Fsp3) is 0.100. The number of nitrogens with two attached hydrogens (primary N) is 1. The van der Waals surface area contributed by atoms with Crippen molar-refractivity contribution in [2.24, 2.45) is 7.05 Å². The van der Waals surface area contributed by atoms with E-state index in [0.29, 0.717) is 10.8 Å². The van der Waals surface area contributed by atoms with E-state index in [-0.39, 0.29) is 0 Å². The van der Waals surface area contributed by atoms with E-state index in [1.165, 1.54) is 0 Å². The van der Waals surface area contributed by atoms with Gasteiger partial charge in [-0.15, -0.1) is 0 Å². The first-order valence-electron chi connectivity index (χ1n) is 4.32. The van der Waals surface area contributed by atoms with Gasteiger partial charge in [-0.05, 0) is 18.2 Å². The molecular weight excluding hydrogens is 277 g/mol. The molecule has 1 aromatic heterocycles. The van der Waals surface area contributed by atoms with Gasteiger partial charge in [-0.1, -0.05) is 27.5 Å². The highest BCUT2D eigenvalue weighted by atomic mass is 79.9. The predicted octanol–water partition coefficient (Wildman–Crippen LogP) is 3.09. The number of nitrogen functional groups attached to an aromatic ring is 1. The van der Waals surface area contributed by atoms with Crippen molar-refractivity contribution < 1.29 is 0 Å². The Kier molecular flexibility index (Phi) is 2.71. The molecular formula is C10H9BrClN3. The van der Waals surface area contributed by atoms with Crippen LogP contribution in [0.2, 0.25) is 5.02 Å². The molecule has 2 aromatic rings. The first kappa shape index (κ1) is 10.5. The molecule has 1 heterocycles. The van der Waals surface area contributed by atoms with Crippen LogP contribution in [-0.4, -0.2) is 9.78 Å². The maximum Gasteiger partial charge on any atom is 0.129 e. The van der Waals surface area contributed by atoms with Crippen LogP contribution in [0.3, 0.4) is 0 Å². The smallest absolute Gasteiger partial charge is 0.129 e. The molecule has 5 heteroatoms. The summed E-state index contributed by atoms with van der Waals surface area (Å²) in [7, 11) is 1.80. The van der Waals surface area contributed by atoms with Crippen LogP contribution in [0.25, 0.3) is 11.1 Å². The minimum Gasteiger partial charge on any atom is -0.383 e. The molecule has 2 N–H and O–H groups in total. The molecule has 78 valence electrons. The Labute approximate surface area is 101 Å². The summed E-state index contributed by atoms with van der Waals surface area (Å²) in [5.41, 5.74) is 7.62. The summed E-state index contributed by atoms with van der Waals surface area (Å²) >= 11 is 9.50. The number of hydrogen-bond donors (Lipinski definition) is 1. The molecule has 0 aliphatic heterocycles. The first-order chi connectivity index (χ1) is 7.09. The predicted molar refractivity (Wildman–Crippen MR) is 65.8 cm³/mol. The van der Waals surface area contributed by atoms with Crippen molar-refractivity contribution in [3.05, 3.63) is 33.9 Å². The average Bonchev–Trinajstić information content (AvgIpc) is 2.52. The van der Waals surface area contributed by atoms with E-state index in [1.807, 2.05) is 18.2 Å². The SMILES string of the molecule is Cn1ncc(-c2cc(Br)ccc2Cl)c1N. The number of hydrogen-bond acceptors (Lipinski definition) is 2. The lowest BCUT2D eigenvalue weighted by atomic mass is 10.1. The monoisotopic (exact) mass is 285 g/mol. The van der Waals surface area contributed by atoms with Crippen molar-refractivity contribution >= 4 is 33.3 Å². The van der Waals surface area contributed by atoms with E-state index in [1.54, 1.807) is 17.9 Å². The van der Waals surface area contributed by atoms with E-state index in [0.717, 1.165) is 15.6 Å². The number of nitrogens with zero attached hydrogens (tertiary/aromatic N) is 2. The Hall–Kier alpha value is -1.00. The number of aromatic nitrogens is 2. The third kappa shape index (κ3) is 1.87. The molecule has 0 saturated heterocycles. The summed E-state index contributed by atoms with van der Waals surface area (Å²) in [5, 5.41) is 4.75. The molecule has 1 aromatic carbocycles. The second-order valence-corrected chi connectivity index (χ2v) is 4.51. The molecule has 0 aliphatic carbocycles. The van der Waals surface area contributed by atoms with Gasteiger partial charge in [-0.25, -0.2) is 0 Å². The Morgan fingerprint density at radius 2 is 2.13 bits per heavy atom. The van der Waals surface area contributed by atoms with Crippen LogP contribution in [0.15, 0.2) is 28.9 Å². The highest BCUT2D eigenvalue weighted by Gasteiger charge is 2.10.